The molecule has 3 aromatic rings. The van der Waals surface area contributed by atoms with E-state index in [0.717, 1.165) is 24.0 Å². The number of fused-ring (bicyclic) bond motifs is 1. The Bertz CT molecular complexity index is 1060. The monoisotopic (exact) mass is 410 g/mol. The van der Waals surface area contributed by atoms with E-state index in [1.807, 2.05) is 35.9 Å². The van der Waals surface area contributed by atoms with Gasteiger partial charge in [-0.05, 0) is 30.5 Å². The van der Waals surface area contributed by atoms with E-state index in [9.17, 15) is 14.9 Å². The predicted octanol–water partition coefficient (Wildman–Crippen LogP) is 3.59. The molecule has 0 spiro atoms. The standard InChI is InChI=1S/C20H18N4O4S/c1-23-18(12-28-15-9-7-14(8-10-15)24(26)27)21-22-20(23)29-17-11-6-13-4-2-3-5-16(13)19(17)25/h2-5,7-10,17H,6,11-12H2,1H3. The van der Waals surface area contributed by atoms with Crippen molar-refractivity contribution in [3.8, 4) is 5.75 Å². The lowest BCUT2D eigenvalue weighted by Crippen LogP contribution is -2.25. The number of benzene rings is 2. The van der Waals surface area contributed by atoms with Gasteiger partial charge in [-0.2, -0.15) is 0 Å². The Morgan fingerprint density at radius 3 is 2.72 bits per heavy atom. The van der Waals surface area contributed by atoms with E-state index in [4.69, 9.17) is 4.74 Å². The first-order valence-electron chi connectivity index (χ1n) is 9.07. The maximum Gasteiger partial charge on any atom is 0.269 e. The summed E-state index contributed by atoms with van der Waals surface area (Å²) in [5.41, 5.74) is 1.90. The molecule has 2 aromatic carbocycles. The number of rotatable bonds is 6. The van der Waals surface area contributed by atoms with E-state index < -0.39 is 4.92 Å². The largest absolute Gasteiger partial charge is 0.486 e. The molecule has 1 aliphatic carbocycles. The van der Waals surface area contributed by atoms with E-state index >= 15 is 0 Å². The zero-order valence-electron chi connectivity index (χ0n) is 15.6. The predicted molar refractivity (Wildman–Crippen MR) is 107 cm³/mol. The van der Waals surface area contributed by atoms with Crippen molar-refractivity contribution in [3.05, 3.63) is 75.6 Å². The Morgan fingerprint density at radius 1 is 1.21 bits per heavy atom. The van der Waals surface area contributed by atoms with Gasteiger partial charge in [0.05, 0.1) is 10.2 Å². The summed E-state index contributed by atoms with van der Waals surface area (Å²) >= 11 is 1.42. The van der Waals surface area contributed by atoms with E-state index in [2.05, 4.69) is 10.2 Å². The molecule has 1 unspecified atom stereocenters. The van der Waals surface area contributed by atoms with Crippen LogP contribution in [0.3, 0.4) is 0 Å². The number of carbonyl (C=O) groups excluding carboxylic acids is 1. The highest BCUT2D eigenvalue weighted by atomic mass is 32.2. The number of carbonyl (C=O) groups is 1. The zero-order valence-corrected chi connectivity index (χ0v) is 16.5. The number of hydrogen-bond donors (Lipinski definition) is 0. The van der Waals surface area contributed by atoms with Crippen LogP contribution in [-0.4, -0.2) is 30.7 Å². The number of nitrogens with zero attached hydrogens (tertiary/aromatic N) is 4. The second kappa shape index (κ2) is 8.04. The molecule has 0 N–H and O–H groups in total. The first-order chi connectivity index (χ1) is 14.0. The van der Waals surface area contributed by atoms with Crippen LogP contribution in [0.25, 0.3) is 0 Å². The molecular weight excluding hydrogens is 392 g/mol. The van der Waals surface area contributed by atoms with Gasteiger partial charge in [-0.15, -0.1) is 10.2 Å². The van der Waals surface area contributed by atoms with Gasteiger partial charge in [0.2, 0.25) is 0 Å². The van der Waals surface area contributed by atoms with Crippen molar-refractivity contribution in [2.45, 2.75) is 29.9 Å². The van der Waals surface area contributed by atoms with Gasteiger partial charge in [0, 0.05) is 24.7 Å². The molecule has 9 heteroatoms. The lowest BCUT2D eigenvalue weighted by Gasteiger charge is -2.22. The van der Waals surface area contributed by atoms with Gasteiger partial charge in [0.15, 0.2) is 16.8 Å². The van der Waals surface area contributed by atoms with Gasteiger partial charge >= 0.3 is 0 Å². The van der Waals surface area contributed by atoms with Crippen molar-refractivity contribution in [2.24, 2.45) is 7.05 Å². The maximum absolute atomic E-state index is 12.8. The second-order valence-electron chi connectivity index (χ2n) is 6.66. The van der Waals surface area contributed by atoms with Gasteiger partial charge in [0.25, 0.3) is 5.69 Å². The van der Waals surface area contributed by atoms with E-state index in [0.29, 0.717) is 16.7 Å². The van der Waals surface area contributed by atoms with Crippen LogP contribution in [0.15, 0.2) is 53.7 Å². The van der Waals surface area contributed by atoms with Gasteiger partial charge < -0.3 is 9.30 Å². The minimum Gasteiger partial charge on any atom is -0.486 e. The molecule has 1 aromatic heterocycles. The second-order valence-corrected chi connectivity index (χ2v) is 7.83. The number of thioether (sulfide) groups is 1. The number of nitro groups is 1. The highest BCUT2D eigenvalue weighted by molar-refractivity contribution is 8.00. The number of aryl methyl sites for hydroxylation is 1. The molecule has 0 bridgehead atoms. The molecule has 1 heterocycles. The molecular formula is C20H18N4O4S. The van der Waals surface area contributed by atoms with Crippen molar-refractivity contribution >= 4 is 23.2 Å². The van der Waals surface area contributed by atoms with Gasteiger partial charge in [-0.3, -0.25) is 14.9 Å². The summed E-state index contributed by atoms with van der Waals surface area (Å²) in [6.45, 7) is 0.170. The Balaban J connectivity index is 1.41. The van der Waals surface area contributed by atoms with Gasteiger partial charge in [0.1, 0.15) is 12.4 Å². The summed E-state index contributed by atoms with van der Waals surface area (Å²) in [7, 11) is 1.83. The molecule has 0 radical (unpaired) electrons. The van der Waals surface area contributed by atoms with Crippen LogP contribution in [-0.2, 0) is 20.1 Å². The molecule has 1 aliphatic rings. The molecule has 4 rings (SSSR count). The van der Waals surface area contributed by atoms with Crippen LogP contribution in [0.5, 0.6) is 5.75 Å². The molecule has 0 fully saturated rings. The molecule has 148 valence electrons. The Kier molecular flexibility index (Phi) is 5.30. The first kappa shape index (κ1) is 19.1. The normalized spacial score (nSPS) is 15.8. The van der Waals surface area contributed by atoms with Crippen LogP contribution >= 0.6 is 11.8 Å². The average Bonchev–Trinajstić information content (AvgIpc) is 3.08. The fourth-order valence-corrected chi connectivity index (χ4v) is 4.27. The number of hydrogen-bond acceptors (Lipinski definition) is 7. The lowest BCUT2D eigenvalue weighted by atomic mass is 9.90. The number of ether oxygens (including phenoxy) is 1. The Morgan fingerprint density at radius 2 is 1.97 bits per heavy atom. The third kappa shape index (κ3) is 4.00. The Labute approximate surface area is 171 Å². The van der Waals surface area contributed by atoms with Crippen LogP contribution in [0, 0.1) is 10.1 Å². The molecule has 8 nitrogen and oxygen atoms in total. The molecule has 1 atom stereocenters. The molecule has 0 saturated carbocycles. The third-order valence-electron chi connectivity index (χ3n) is 4.84. The van der Waals surface area contributed by atoms with Crippen molar-refractivity contribution in [1.82, 2.24) is 14.8 Å². The third-order valence-corrected chi connectivity index (χ3v) is 6.14. The van der Waals surface area contributed by atoms with E-state index in [1.54, 1.807) is 12.1 Å². The number of ketones is 1. The summed E-state index contributed by atoms with van der Waals surface area (Å²) in [6.07, 6.45) is 1.63. The molecule has 0 amide bonds. The fourth-order valence-electron chi connectivity index (χ4n) is 3.19. The van der Waals surface area contributed by atoms with Gasteiger partial charge in [-0.1, -0.05) is 36.0 Å². The van der Waals surface area contributed by atoms with Gasteiger partial charge in [-0.25, -0.2) is 0 Å². The minimum absolute atomic E-state index is 0.00779. The highest BCUT2D eigenvalue weighted by Crippen LogP contribution is 2.32. The summed E-state index contributed by atoms with van der Waals surface area (Å²) < 4.78 is 7.47. The quantitative estimate of drug-likeness (QED) is 0.452. The molecule has 0 aliphatic heterocycles. The van der Waals surface area contributed by atoms with Crippen LogP contribution < -0.4 is 4.74 Å². The zero-order chi connectivity index (χ0) is 20.4. The van der Waals surface area contributed by atoms with E-state index in [1.165, 1.54) is 23.9 Å². The smallest absolute Gasteiger partial charge is 0.269 e. The summed E-state index contributed by atoms with van der Waals surface area (Å²) in [5.74, 6) is 1.24. The SMILES string of the molecule is Cn1c(COc2ccc([N+](=O)[O-])cc2)nnc1SC1CCc2ccccc2C1=O. The number of Topliss-reactive ketones (excluding diaryl/α,β-unsaturated/α-hetero) is 1. The van der Waals surface area contributed by atoms with Crippen LogP contribution in [0.2, 0.25) is 0 Å². The minimum atomic E-state index is -0.457. The first-order valence-corrected chi connectivity index (χ1v) is 9.95. The van der Waals surface area contributed by atoms with Crippen LogP contribution in [0.4, 0.5) is 5.69 Å². The number of non-ortho nitro benzene ring substituents is 1. The van der Waals surface area contributed by atoms with Crippen molar-refractivity contribution in [1.29, 1.82) is 0 Å². The lowest BCUT2D eigenvalue weighted by molar-refractivity contribution is -0.384. The maximum atomic E-state index is 12.8. The van der Waals surface area contributed by atoms with E-state index in [-0.39, 0.29) is 23.3 Å². The average molecular weight is 410 g/mol. The highest BCUT2D eigenvalue weighted by Gasteiger charge is 2.29. The Hall–Kier alpha value is -3.20. The molecule has 0 saturated heterocycles. The summed E-state index contributed by atoms with van der Waals surface area (Å²) in [6, 6.07) is 13.6. The fraction of sp³-hybridized carbons (Fsp3) is 0.250. The van der Waals surface area contributed by atoms with Crippen molar-refractivity contribution < 1.29 is 14.5 Å². The number of aromatic nitrogens is 3. The number of nitro benzene ring substituents is 1. The van der Waals surface area contributed by atoms with Crippen LogP contribution in [0.1, 0.15) is 28.2 Å². The van der Waals surface area contributed by atoms with Crippen molar-refractivity contribution in [2.75, 3.05) is 0 Å². The molecule has 29 heavy (non-hydrogen) atoms. The van der Waals surface area contributed by atoms with Crippen molar-refractivity contribution in [3.63, 3.8) is 0 Å². The summed E-state index contributed by atoms with van der Waals surface area (Å²) in [4.78, 5) is 23.0. The topological polar surface area (TPSA) is 100 Å². The summed E-state index contributed by atoms with van der Waals surface area (Å²) in [5, 5.41) is 19.5.